The summed E-state index contributed by atoms with van der Waals surface area (Å²) in [5.41, 5.74) is 1.03. The zero-order valence-electron chi connectivity index (χ0n) is 17.8. The smallest absolute Gasteiger partial charge is 0.308 e. The summed E-state index contributed by atoms with van der Waals surface area (Å²) in [6.45, 7) is 8.45. The minimum Gasteiger partial charge on any atom is -0.478 e. The summed E-state index contributed by atoms with van der Waals surface area (Å²) in [5, 5.41) is 6.80. The third kappa shape index (κ3) is 9.18. The Labute approximate surface area is 191 Å². The molecule has 2 rings (SSSR count). The largest absolute Gasteiger partial charge is 0.478 e. The van der Waals surface area contributed by atoms with Crippen LogP contribution in [0.1, 0.15) is 58.4 Å². The number of halogens is 1. The second-order valence-electron chi connectivity index (χ2n) is 6.99. The van der Waals surface area contributed by atoms with E-state index < -0.39 is 0 Å². The van der Waals surface area contributed by atoms with E-state index >= 15 is 0 Å². The highest BCUT2D eigenvalue weighted by molar-refractivity contribution is 14.0. The number of nitrogens with zero attached hydrogens (tertiary/aromatic N) is 2. The van der Waals surface area contributed by atoms with Crippen molar-refractivity contribution in [2.45, 2.75) is 65.5 Å². The average Bonchev–Trinajstić information content (AvgIpc) is 2.72. The zero-order chi connectivity index (χ0) is 20.2. The fraction of sp³-hybridized carbons (Fsp3) is 0.667. The Bertz CT molecular complexity index is 617. The Morgan fingerprint density at radius 3 is 2.55 bits per heavy atom. The minimum atomic E-state index is -0.0552. The van der Waals surface area contributed by atoms with Crippen LogP contribution in [0.2, 0.25) is 0 Å². The van der Waals surface area contributed by atoms with Gasteiger partial charge in [-0.15, -0.1) is 24.0 Å². The molecule has 0 amide bonds. The molecular weight excluding hydrogens is 483 g/mol. The van der Waals surface area contributed by atoms with E-state index in [0.29, 0.717) is 31.7 Å². The number of pyridine rings is 1. The zero-order valence-corrected chi connectivity index (χ0v) is 20.1. The van der Waals surface area contributed by atoms with Crippen LogP contribution in [0.4, 0.5) is 0 Å². The van der Waals surface area contributed by atoms with Gasteiger partial charge in [-0.25, -0.2) is 9.98 Å². The molecule has 0 atom stereocenters. The van der Waals surface area contributed by atoms with Crippen LogP contribution >= 0.6 is 24.0 Å². The first-order chi connectivity index (χ1) is 13.7. The van der Waals surface area contributed by atoms with Crippen LogP contribution in [0.3, 0.4) is 0 Å². The molecule has 1 fully saturated rings. The van der Waals surface area contributed by atoms with Crippen LogP contribution in [0.15, 0.2) is 23.3 Å². The molecular formula is C21H35IN4O3. The van der Waals surface area contributed by atoms with Crippen molar-refractivity contribution in [3.05, 3.63) is 23.9 Å². The lowest BCUT2D eigenvalue weighted by molar-refractivity contribution is -0.149. The number of aliphatic imine (C=N–C) groups is 1. The number of nitrogens with one attached hydrogen (secondary N) is 2. The summed E-state index contributed by atoms with van der Waals surface area (Å²) in [6.07, 6.45) is 6.38. The van der Waals surface area contributed by atoms with Crippen LogP contribution in [0, 0.1) is 5.92 Å². The molecule has 0 radical (unpaired) electrons. The van der Waals surface area contributed by atoms with Crippen molar-refractivity contribution in [2.75, 3.05) is 19.8 Å². The maximum absolute atomic E-state index is 11.9. The number of carbonyl (C=O) groups excluding carboxylic acids is 1. The summed E-state index contributed by atoms with van der Waals surface area (Å²) < 4.78 is 10.7. The Hall–Kier alpha value is -1.58. The highest BCUT2D eigenvalue weighted by Crippen LogP contribution is 2.25. The average molecular weight is 518 g/mol. The van der Waals surface area contributed by atoms with Gasteiger partial charge < -0.3 is 20.1 Å². The Morgan fingerprint density at radius 1 is 1.21 bits per heavy atom. The standard InChI is InChI=1S/C21H34N4O3.HI/c1-4-13-28-19-12-7-16(14-23-19)15-24-21(22-5-2)25-18-10-8-17(9-11-18)20(26)27-6-3;/h7,12,14,17-18H,4-6,8-11,13,15H2,1-3H3,(H2,22,24,25);1H. The highest BCUT2D eigenvalue weighted by atomic mass is 127. The van der Waals surface area contributed by atoms with Gasteiger partial charge in [-0.1, -0.05) is 13.0 Å². The molecule has 1 aliphatic carbocycles. The number of ether oxygens (including phenoxy) is 2. The third-order valence-corrected chi connectivity index (χ3v) is 4.70. The number of carbonyl (C=O) groups is 1. The van der Waals surface area contributed by atoms with Crippen molar-refractivity contribution < 1.29 is 14.3 Å². The number of rotatable bonds is 9. The van der Waals surface area contributed by atoms with Crippen LogP contribution in [0.25, 0.3) is 0 Å². The first-order valence-electron chi connectivity index (χ1n) is 10.4. The number of hydrogen-bond acceptors (Lipinski definition) is 5. The van der Waals surface area contributed by atoms with Gasteiger partial charge >= 0.3 is 5.97 Å². The SMILES string of the molecule is CCCOc1ccc(CN=C(NCC)NC2CCC(C(=O)OCC)CC2)cn1.I. The third-order valence-electron chi connectivity index (χ3n) is 4.70. The number of esters is 1. The predicted octanol–water partition coefficient (Wildman–Crippen LogP) is 3.67. The van der Waals surface area contributed by atoms with Crippen LogP contribution < -0.4 is 15.4 Å². The fourth-order valence-corrected chi connectivity index (χ4v) is 3.21. The number of aromatic nitrogens is 1. The van der Waals surface area contributed by atoms with Gasteiger partial charge in [0.1, 0.15) is 0 Å². The quantitative estimate of drug-likeness (QED) is 0.225. The lowest BCUT2D eigenvalue weighted by Crippen LogP contribution is -2.45. The molecule has 0 aromatic carbocycles. The van der Waals surface area contributed by atoms with E-state index in [1.165, 1.54) is 0 Å². The fourth-order valence-electron chi connectivity index (χ4n) is 3.21. The van der Waals surface area contributed by atoms with E-state index in [1.54, 1.807) is 0 Å². The van der Waals surface area contributed by atoms with E-state index in [9.17, 15) is 4.79 Å². The molecule has 8 heteroatoms. The molecule has 0 saturated heterocycles. The Kier molecular flexibility index (Phi) is 12.6. The molecule has 1 saturated carbocycles. The van der Waals surface area contributed by atoms with E-state index in [4.69, 9.17) is 9.47 Å². The molecule has 7 nitrogen and oxygen atoms in total. The monoisotopic (exact) mass is 518 g/mol. The van der Waals surface area contributed by atoms with Crippen molar-refractivity contribution >= 4 is 35.9 Å². The molecule has 1 heterocycles. The van der Waals surface area contributed by atoms with Gasteiger partial charge in [0.05, 0.1) is 25.7 Å². The summed E-state index contributed by atoms with van der Waals surface area (Å²) in [4.78, 5) is 20.9. The maximum Gasteiger partial charge on any atom is 0.308 e. The van der Waals surface area contributed by atoms with Gasteiger partial charge in [0.15, 0.2) is 5.96 Å². The number of hydrogen-bond donors (Lipinski definition) is 2. The summed E-state index contributed by atoms with van der Waals surface area (Å²) in [5.74, 6) is 1.43. The summed E-state index contributed by atoms with van der Waals surface area (Å²) >= 11 is 0. The van der Waals surface area contributed by atoms with Gasteiger partial charge in [-0.2, -0.15) is 0 Å². The van der Waals surface area contributed by atoms with Gasteiger partial charge in [0, 0.05) is 24.8 Å². The van der Waals surface area contributed by atoms with Gasteiger partial charge in [-0.3, -0.25) is 4.79 Å². The van der Waals surface area contributed by atoms with E-state index in [0.717, 1.165) is 50.2 Å². The molecule has 0 unspecified atom stereocenters. The molecule has 1 aromatic rings. The van der Waals surface area contributed by atoms with Crippen LogP contribution in [0.5, 0.6) is 5.88 Å². The van der Waals surface area contributed by atoms with Gasteiger partial charge in [0.25, 0.3) is 0 Å². The van der Waals surface area contributed by atoms with Gasteiger partial charge in [-0.05, 0) is 51.5 Å². The molecule has 0 bridgehead atoms. The first kappa shape index (κ1) is 25.5. The van der Waals surface area contributed by atoms with Crippen molar-refractivity contribution in [1.82, 2.24) is 15.6 Å². The minimum absolute atomic E-state index is 0. The van der Waals surface area contributed by atoms with Crippen molar-refractivity contribution in [1.29, 1.82) is 0 Å². The molecule has 2 N–H and O–H groups in total. The molecule has 0 spiro atoms. The van der Waals surface area contributed by atoms with Crippen molar-refractivity contribution in [3.63, 3.8) is 0 Å². The van der Waals surface area contributed by atoms with Crippen LogP contribution in [-0.4, -0.2) is 42.7 Å². The van der Waals surface area contributed by atoms with Crippen molar-refractivity contribution in [2.24, 2.45) is 10.9 Å². The summed E-state index contributed by atoms with van der Waals surface area (Å²) in [6, 6.07) is 4.21. The first-order valence-corrected chi connectivity index (χ1v) is 10.4. The topological polar surface area (TPSA) is 84.8 Å². The number of guanidine groups is 1. The lowest BCUT2D eigenvalue weighted by Gasteiger charge is -2.29. The molecule has 29 heavy (non-hydrogen) atoms. The second kappa shape index (κ2) is 14.4. The van der Waals surface area contributed by atoms with E-state index in [1.807, 2.05) is 25.3 Å². The Morgan fingerprint density at radius 2 is 1.97 bits per heavy atom. The van der Waals surface area contributed by atoms with Gasteiger partial charge in [0.2, 0.25) is 5.88 Å². The normalized spacial score (nSPS) is 19.1. The summed E-state index contributed by atoms with van der Waals surface area (Å²) in [7, 11) is 0. The van der Waals surface area contributed by atoms with Crippen LogP contribution in [-0.2, 0) is 16.1 Å². The molecule has 1 aromatic heterocycles. The van der Waals surface area contributed by atoms with Crippen molar-refractivity contribution in [3.8, 4) is 5.88 Å². The highest BCUT2D eigenvalue weighted by Gasteiger charge is 2.27. The molecule has 0 aliphatic heterocycles. The van der Waals surface area contributed by atoms with E-state index in [2.05, 4.69) is 34.5 Å². The molecule has 164 valence electrons. The second-order valence-corrected chi connectivity index (χ2v) is 6.99. The molecule has 1 aliphatic rings. The maximum atomic E-state index is 11.9. The predicted molar refractivity (Wildman–Crippen MR) is 126 cm³/mol. The lowest BCUT2D eigenvalue weighted by atomic mass is 9.86. The van der Waals surface area contributed by atoms with E-state index in [-0.39, 0.29) is 35.9 Å². The Balaban J connectivity index is 0.00000420.